The maximum Gasteiger partial charge on any atom is 0.260 e. The van der Waals surface area contributed by atoms with Crippen molar-refractivity contribution in [1.82, 2.24) is 25.8 Å². The number of carbonyl (C=O) groups excluding carboxylic acids is 4. The summed E-state index contributed by atoms with van der Waals surface area (Å²) >= 11 is 0. The van der Waals surface area contributed by atoms with Gasteiger partial charge in [0.2, 0.25) is 23.6 Å². The molecule has 5 rings (SSSR count). The van der Waals surface area contributed by atoms with Gasteiger partial charge < -0.3 is 20.9 Å². The molecule has 0 aromatic heterocycles. The average molecular weight is 633 g/mol. The zero-order chi connectivity index (χ0) is 33.1. The van der Waals surface area contributed by atoms with E-state index in [-0.39, 0.29) is 78.2 Å². The molecule has 3 N–H and O–H groups in total. The fourth-order valence-electron chi connectivity index (χ4n) is 8.27. The number of nitriles is 1. The molecule has 3 heterocycles. The Labute approximate surface area is 265 Å². The van der Waals surface area contributed by atoms with E-state index in [1.165, 1.54) is 0 Å². The number of halogens is 2. The number of piperidine rings is 2. The number of amides is 4. The van der Waals surface area contributed by atoms with Crippen molar-refractivity contribution in [2.24, 2.45) is 34.5 Å². The van der Waals surface area contributed by atoms with E-state index < -0.39 is 35.4 Å². The van der Waals surface area contributed by atoms with Crippen molar-refractivity contribution in [3.05, 3.63) is 0 Å². The second-order valence-electron chi connectivity index (χ2n) is 16.1. The Balaban J connectivity index is 1.24. The normalized spacial score (nSPS) is 32.2. The van der Waals surface area contributed by atoms with Gasteiger partial charge in [0.15, 0.2) is 0 Å². The minimum atomic E-state index is -2.78. The standard InChI is InChI=1S/C33H50F2N6O4/c1-7-40-16-19(13-33(34,35)18-40)8-9-23(42)38-26(30(2,3)4)29(45)41-17-22-24(31(22,5)6)25(41)28(44)37-21(15-36)12-20-14-32(10-11-32)39-27(20)43/h19-22,24-26H,7-14,16-18H2,1-6H3,(H,37,44)(H,38,42)(H,39,43)/t19?,20-,21+,22+,24+,25+,26-/m1/s1. The number of carbonyl (C=O) groups is 4. The van der Waals surface area contributed by atoms with E-state index in [1.54, 1.807) is 9.80 Å². The van der Waals surface area contributed by atoms with Gasteiger partial charge in [0, 0.05) is 37.4 Å². The van der Waals surface area contributed by atoms with Gasteiger partial charge in [0.05, 0.1) is 12.6 Å². The summed E-state index contributed by atoms with van der Waals surface area (Å²) in [7, 11) is 0. The molecule has 45 heavy (non-hydrogen) atoms. The van der Waals surface area contributed by atoms with Crippen molar-refractivity contribution in [1.29, 1.82) is 5.26 Å². The molecule has 2 aliphatic carbocycles. The van der Waals surface area contributed by atoms with Crippen LogP contribution in [0.3, 0.4) is 0 Å². The molecule has 0 aromatic carbocycles. The number of nitrogens with one attached hydrogen (secondary N) is 3. The van der Waals surface area contributed by atoms with Crippen LogP contribution in [-0.4, -0.2) is 89.2 Å². The summed E-state index contributed by atoms with van der Waals surface area (Å²) < 4.78 is 28.5. The van der Waals surface area contributed by atoms with Crippen LogP contribution < -0.4 is 16.0 Å². The molecule has 1 unspecified atom stereocenters. The molecule has 5 aliphatic rings. The van der Waals surface area contributed by atoms with Crippen molar-refractivity contribution in [3.8, 4) is 6.07 Å². The van der Waals surface area contributed by atoms with Crippen molar-refractivity contribution in [2.75, 3.05) is 26.2 Å². The Morgan fingerprint density at radius 2 is 1.82 bits per heavy atom. The number of rotatable bonds is 10. The molecule has 2 saturated carbocycles. The van der Waals surface area contributed by atoms with Gasteiger partial charge in [-0.15, -0.1) is 0 Å². The van der Waals surface area contributed by atoms with Gasteiger partial charge in [0.25, 0.3) is 5.92 Å². The highest BCUT2D eigenvalue weighted by Gasteiger charge is 2.70. The molecule has 12 heteroatoms. The van der Waals surface area contributed by atoms with Gasteiger partial charge in [-0.05, 0) is 67.2 Å². The zero-order valence-corrected chi connectivity index (χ0v) is 27.6. The Bertz CT molecular complexity index is 1250. The van der Waals surface area contributed by atoms with Crippen LogP contribution in [0.5, 0.6) is 0 Å². The molecule has 3 aliphatic heterocycles. The second-order valence-corrected chi connectivity index (χ2v) is 16.1. The molecule has 0 radical (unpaired) electrons. The first-order chi connectivity index (χ1) is 20.9. The lowest BCUT2D eigenvalue weighted by Crippen LogP contribution is -2.59. The minimum Gasteiger partial charge on any atom is -0.350 e. The first kappa shape index (κ1) is 33.6. The molecule has 250 valence electrons. The van der Waals surface area contributed by atoms with Gasteiger partial charge in [-0.2, -0.15) is 5.26 Å². The third-order valence-electron chi connectivity index (χ3n) is 11.2. The summed E-state index contributed by atoms with van der Waals surface area (Å²) in [5.41, 5.74) is -0.967. The smallest absolute Gasteiger partial charge is 0.260 e. The SMILES string of the molecule is CCN1CC(CCC(=O)N[C@H](C(=O)N2C[C@H]3[C@@H]([C@H]2C(=O)N[C@H](C#N)C[C@@H]2CC4(CC4)NC2=O)C3(C)C)C(C)(C)C)CC(F)(F)C1. The molecule has 5 fully saturated rings. The van der Waals surface area contributed by atoms with E-state index in [0.29, 0.717) is 32.5 Å². The quantitative estimate of drug-likeness (QED) is 0.339. The maximum absolute atomic E-state index is 14.2. The van der Waals surface area contributed by atoms with E-state index in [1.807, 2.05) is 27.7 Å². The van der Waals surface area contributed by atoms with Gasteiger partial charge in [-0.1, -0.05) is 41.5 Å². The summed E-state index contributed by atoms with van der Waals surface area (Å²) in [4.78, 5) is 56.9. The maximum atomic E-state index is 14.2. The van der Waals surface area contributed by atoms with Crippen molar-refractivity contribution in [3.63, 3.8) is 0 Å². The Morgan fingerprint density at radius 3 is 2.40 bits per heavy atom. The van der Waals surface area contributed by atoms with E-state index >= 15 is 0 Å². The van der Waals surface area contributed by atoms with Gasteiger partial charge in [0.1, 0.15) is 18.1 Å². The predicted octanol–water partition coefficient (Wildman–Crippen LogP) is 2.82. The van der Waals surface area contributed by atoms with E-state index in [0.717, 1.165) is 12.8 Å². The van der Waals surface area contributed by atoms with E-state index in [9.17, 15) is 33.2 Å². The number of nitrogens with zero attached hydrogens (tertiary/aromatic N) is 3. The zero-order valence-electron chi connectivity index (χ0n) is 27.6. The fraction of sp³-hybridized carbons (Fsp3) is 0.848. The Hall–Kier alpha value is -2.81. The third kappa shape index (κ3) is 6.98. The Morgan fingerprint density at radius 1 is 1.13 bits per heavy atom. The van der Waals surface area contributed by atoms with E-state index in [4.69, 9.17) is 0 Å². The summed E-state index contributed by atoms with van der Waals surface area (Å²) in [5.74, 6) is -4.64. The third-order valence-corrected chi connectivity index (χ3v) is 11.2. The first-order valence-corrected chi connectivity index (χ1v) is 16.6. The van der Waals surface area contributed by atoms with Crippen LogP contribution in [0.25, 0.3) is 0 Å². The lowest BCUT2D eigenvalue weighted by Gasteiger charge is -2.38. The van der Waals surface area contributed by atoms with Crippen LogP contribution in [0.4, 0.5) is 8.78 Å². The average Bonchev–Trinajstić information content (AvgIpc) is 3.66. The number of alkyl halides is 2. The summed E-state index contributed by atoms with van der Waals surface area (Å²) in [6.45, 7) is 12.7. The molecule has 3 saturated heterocycles. The summed E-state index contributed by atoms with van der Waals surface area (Å²) in [6, 6.07) is -0.444. The van der Waals surface area contributed by atoms with Crippen LogP contribution in [0.15, 0.2) is 0 Å². The monoisotopic (exact) mass is 632 g/mol. The fourth-order valence-corrected chi connectivity index (χ4v) is 8.27. The molecular weight excluding hydrogens is 582 g/mol. The summed E-state index contributed by atoms with van der Waals surface area (Å²) in [5, 5.41) is 18.7. The van der Waals surface area contributed by atoms with Crippen LogP contribution >= 0.6 is 0 Å². The molecule has 7 atom stereocenters. The van der Waals surface area contributed by atoms with Crippen LogP contribution in [0, 0.1) is 45.8 Å². The molecular formula is C33H50F2N6O4. The van der Waals surface area contributed by atoms with Gasteiger partial charge in [-0.25, -0.2) is 8.78 Å². The molecule has 4 amide bonds. The van der Waals surface area contributed by atoms with Crippen molar-refractivity contribution in [2.45, 2.75) is 116 Å². The Kier molecular flexibility index (Phi) is 8.77. The lowest BCUT2D eigenvalue weighted by molar-refractivity contribution is -0.145. The molecule has 1 spiro atoms. The minimum absolute atomic E-state index is 0.0280. The number of hydrogen-bond donors (Lipinski definition) is 3. The van der Waals surface area contributed by atoms with Crippen LogP contribution in [-0.2, 0) is 19.2 Å². The highest BCUT2D eigenvalue weighted by atomic mass is 19.3. The highest BCUT2D eigenvalue weighted by molar-refractivity contribution is 5.94. The number of hydrogen-bond acceptors (Lipinski definition) is 6. The van der Waals surface area contributed by atoms with Crippen molar-refractivity contribution < 1.29 is 28.0 Å². The summed E-state index contributed by atoms with van der Waals surface area (Å²) in [6.07, 6.45) is 2.84. The molecule has 0 bridgehead atoms. The van der Waals surface area contributed by atoms with Crippen molar-refractivity contribution >= 4 is 23.6 Å². The van der Waals surface area contributed by atoms with Gasteiger partial charge in [-0.3, -0.25) is 24.1 Å². The van der Waals surface area contributed by atoms with Crippen LogP contribution in [0.1, 0.15) is 86.5 Å². The predicted molar refractivity (Wildman–Crippen MR) is 162 cm³/mol. The highest BCUT2D eigenvalue weighted by Crippen LogP contribution is 2.65. The first-order valence-electron chi connectivity index (χ1n) is 16.6. The number of likely N-dealkylation sites (tertiary alicyclic amines) is 2. The largest absolute Gasteiger partial charge is 0.350 e. The molecule has 10 nitrogen and oxygen atoms in total. The topological polar surface area (TPSA) is 135 Å². The van der Waals surface area contributed by atoms with E-state index in [2.05, 4.69) is 35.9 Å². The number of fused-ring (bicyclic) bond motifs is 1. The second kappa shape index (κ2) is 11.8. The van der Waals surface area contributed by atoms with Gasteiger partial charge >= 0.3 is 0 Å². The van der Waals surface area contributed by atoms with Crippen LogP contribution in [0.2, 0.25) is 0 Å². The lowest BCUT2D eigenvalue weighted by atomic mass is 9.84. The molecule has 0 aromatic rings.